The number of hydrogen-bond acceptors (Lipinski definition) is 3. The van der Waals surface area contributed by atoms with Crippen molar-refractivity contribution in [3.8, 4) is 0 Å². The molecule has 0 unspecified atom stereocenters. The predicted octanol–water partition coefficient (Wildman–Crippen LogP) is 0.146. The van der Waals surface area contributed by atoms with Gasteiger partial charge in [0.25, 0.3) is 0 Å². The topological polar surface area (TPSA) is 84.2 Å². The molecule has 0 bridgehead atoms. The number of nitrogens with one attached hydrogen (secondary N) is 2. The number of fused-ring (bicyclic) bond motifs is 2. The van der Waals surface area contributed by atoms with E-state index in [0.29, 0.717) is 0 Å². The molecule has 96 valence electrons. The van der Waals surface area contributed by atoms with Gasteiger partial charge in [-0.05, 0) is 18.0 Å². The number of halogens is 1. The lowest BCUT2D eigenvalue weighted by molar-refractivity contribution is -0.120. The molecule has 2 heterocycles. The summed E-state index contributed by atoms with van der Waals surface area (Å²) in [5.74, 6) is -1.02. The molecule has 1 aromatic rings. The highest BCUT2D eigenvalue weighted by atomic mass is 35.5. The Balaban J connectivity index is 0.00000176. The molecule has 0 aliphatic carbocycles. The van der Waals surface area contributed by atoms with Crippen LogP contribution in [0.2, 0.25) is 0 Å². The van der Waals surface area contributed by atoms with Crippen LogP contribution in [0.25, 0.3) is 0 Å². The zero-order valence-electron chi connectivity index (χ0n) is 13.3. The molecule has 1 saturated heterocycles. The van der Waals surface area contributed by atoms with Gasteiger partial charge in [-0.3, -0.25) is 9.59 Å². The molecular weight excluding hydrogens is 254 g/mol. The fraction of sp³-hybridized carbons (Fsp3) is 0.333. The van der Waals surface area contributed by atoms with Crippen LogP contribution in [0.5, 0.6) is 0 Å². The predicted molar refractivity (Wildman–Crippen MR) is 69.6 cm³/mol. The van der Waals surface area contributed by atoms with E-state index in [2.05, 4.69) is 10.6 Å². The molecule has 1 aromatic carbocycles. The van der Waals surface area contributed by atoms with Gasteiger partial charge in [-0.25, -0.2) is 0 Å². The van der Waals surface area contributed by atoms with Crippen molar-refractivity contribution in [1.82, 2.24) is 5.32 Å². The number of rotatable bonds is 1. The molecular formula is C12H14ClN3O2. The summed E-state index contributed by atoms with van der Waals surface area (Å²) in [6, 6.07) is -2.01. The van der Waals surface area contributed by atoms with Gasteiger partial charge >= 0.3 is 0 Å². The highest BCUT2D eigenvalue weighted by molar-refractivity contribution is 6.07. The first kappa shape index (κ1) is 8.50. The summed E-state index contributed by atoms with van der Waals surface area (Å²) < 4.78 is 31.3. The molecule has 2 aliphatic rings. The van der Waals surface area contributed by atoms with E-state index in [1.54, 1.807) is 0 Å². The first-order valence-corrected chi connectivity index (χ1v) is 5.24. The van der Waals surface area contributed by atoms with Crippen molar-refractivity contribution in [2.75, 3.05) is 11.9 Å². The third kappa shape index (κ3) is 1.59. The molecule has 5 nitrogen and oxygen atoms in total. The summed E-state index contributed by atoms with van der Waals surface area (Å²) in [5.41, 5.74) is 4.39. The lowest BCUT2D eigenvalue weighted by Gasteiger charge is -2.19. The van der Waals surface area contributed by atoms with Gasteiger partial charge in [-0.15, -0.1) is 12.4 Å². The third-order valence-corrected chi connectivity index (χ3v) is 3.39. The van der Waals surface area contributed by atoms with Crippen LogP contribution in [0.4, 0.5) is 5.69 Å². The minimum atomic E-state index is -1.18. The largest absolute Gasteiger partial charge is 0.368 e. The lowest BCUT2D eigenvalue weighted by atomic mass is 9.79. The summed E-state index contributed by atoms with van der Waals surface area (Å²) in [5, 5.41) is 5.38. The van der Waals surface area contributed by atoms with E-state index in [4.69, 9.17) is 11.2 Å². The van der Waals surface area contributed by atoms with Gasteiger partial charge in [0, 0.05) is 12.2 Å². The van der Waals surface area contributed by atoms with Gasteiger partial charge in [0.1, 0.15) is 0 Å². The van der Waals surface area contributed by atoms with Crippen LogP contribution in [0, 0.1) is 0 Å². The Morgan fingerprint density at radius 1 is 1.50 bits per heavy atom. The van der Waals surface area contributed by atoms with Crippen LogP contribution >= 0.6 is 12.4 Å². The average Bonchev–Trinajstić information content (AvgIpc) is 2.99. The molecule has 2 amide bonds. The van der Waals surface area contributed by atoms with Crippen LogP contribution in [0.1, 0.15) is 17.5 Å². The number of carbonyl (C=O) groups is 2. The van der Waals surface area contributed by atoms with Crippen molar-refractivity contribution in [2.24, 2.45) is 5.73 Å². The minimum Gasteiger partial charge on any atom is -0.368 e. The van der Waals surface area contributed by atoms with Crippen LogP contribution in [0.15, 0.2) is 24.2 Å². The van der Waals surface area contributed by atoms with Gasteiger partial charge in [-0.1, -0.05) is 18.1 Å². The molecule has 6 heteroatoms. The highest BCUT2D eigenvalue weighted by Crippen LogP contribution is 2.43. The molecule has 2 aliphatic heterocycles. The van der Waals surface area contributed by atoms with Gasteiger partial charge in [0.15, 0.2) is 0 Å². The standard InChI is InChI=1S/C12H13N3O2.ClH/c13-10(16)9-5-12(6-14-9)7-3-1-2-4-8(7)15-11(12)17;/h1-4,9,14H,5-6H2,(H2,13,16)(H,15,17);1H/t9-,12-;/m0./s1/i1D,2D,3D,4D;. The Kier molecular flexibility index (Phi) is 2.01. The van der Waals surface area contributed by atoms with Crippen molar-refractivity contribution in [3.05, 3.63) is 29.7 Å². The highest BCUT2D eigenvalue weighted by Gasteiger charge is 2.52. The second-order valence-corrected chi connectivity index (χ2v) is 4.33. The maximum Gasteiger partial charge on any atom is 0.236 e. The molecule has 3 rings (SSSR count). The van der Waals surface area contributed by atoms with Crippen molar-refractivity contribution < 1.29 is 15.1 Å². The van der Waals surface area contributed by atoms with Gasteiger partial charge in [0.2, 0.25) is 11.8 Å². The van der Waals surface area contributed by atoms with Gasteiger partial charge < -0.3 is 16.4 Å². The third-order valence-electron chi connectivity index (χ3n) is 3.39. The number of nitrogens with two attached hydrogens (primary N) is 1. The molecule has 2 atom stereocenters. The molecule has 0 saturated carbocycles. The molecule has 18 heavy (non-hydrogen) atoms. The van der Waals surface area contributed by atoms with E-state index in [1.165, 1.54) is 0 Å². The molecule has 4 N–H and O–H groups in total. The Hall–Kier alpha value is -1.59. The Bertz CT molecular complexity index is 700. The molecule has 0 radical (unpaired) electrons. The first-order chi connectivity index (χ1) is 9.79. The summed E-state index contributed by atoms with van der Waals surface area (Å²) in [6.45, 7) is 0.113. The fourth-order valence-corrected chi connectivity index (χ4v) is 2.47. The Morgan fingerprint density at radius 2 is 2.22 bits per heavy atom. The number of hydrogen-bond donors (Lipinski definition) is 3. The van der Waals surface area contributed by atoms with Gasteiger partial charge in [0.05, 0.1) is 16.9 Å². The van der Waals surface area contributed by atoms with Crippen LogP contribution in [0.3, 0.4) is 0 Å². The summed E-state index contributed by atoms with van der Waals surface area (Å²) in [6.07, 6.45) is 0.0866. The number of benzene rings is 1. The lowest BCUT2D eigenvalue weighted by Crippen LogP contribution is -2.36. The van der Waals surface area contributed by atoms with Crippen molar-refractivity contribution >= 4 is 29.9 Å². The summed E-state index contributed by atoms with van der Waals surface area (Å²) in [4.78, 5) is 23.7. The molecule has 1 fully saturated rings. The minimum absolute atomic E-state index is 0. The van der Waals surface area contributed by atoms with Gasteiger partial charge in [-0.2, -0.15) is 0 Å². The van der Waals surface area contributed by atoms with E-state index in [-0.39, 0.29) is 48.7 Å². The second-order valence-electron chi connectivity index (χ2n) is 4.33. The summed E-state index contributed by atoms with van der Waals surface area (Å²) >= 11 is 0. The fourth-order valence-electron chi connectivity index (χ4n) is 2.47. The smallest absolute Gasteiger partial charge is 0.236 e. The Morgan fingerprint density at radius 3 is 2.89 bits per heavy atom. The number of anilines is 1. The van der Waals surface area contributed by atoms with E-state index in [9.17, 15) is 9.59 Å². The maximum atomic E-state index is 12.4. The zero-order chi connectivity index (χ0) is 15.5. The van der Waals surface area contributed by atoms with Crippen LogP contribution in [-0.2, 0) is 15.0 Å². The number of para-hydroxylation sites is 1. The number of amides is 2. The summed E-state index contributed by atoms with van der Waals surface area (Å²) in [7, 11) is 0. The maximum absolute atomic E-state index is 12.4. The van der Waals surface area contributed by atoms with E-state index < -0.39 is 35.4 Å². The monoisotopic (exact) mass is 271 g/mol. The first-order valence-electron chi connectivity index (χ1n) is 7.24. The van der Waals surface area contributed by atoms with E-state index in [1.807, 2.05) is 0 Å². The van der Waals surface area contributed by atoms with E-state index >= 15 is 0 Å². The normalized spacial score (nSPS) is 31.8. The second kappa shape index (κ2) is 4.26. The zero-order valence-corrected chi connectivity index (χ0v) is 10.1. The van der Waals surface area contributed by atoms with Crippen molar-refractivity contribution in [1.29, 1.82) is 0 Å². The SMILES string of the molecule is Cl.[2H]c1c([2H])c([2H])c2c(c1[2H])NC(=O)[C@@]21CN[C@H](C(N)=O)C1. The Labute approximate surface area is 116 Å². The quantitative estimate of drug-likeness (QED) is 0.680. The van der Waals surface area contributed by atoms with Crippen molar-refractivity contribution in [2.45, 2.75) is 17.9 Å². The molecule has 1 spiro atoms. The molecule has 0 aromatic heterocycles. The average molecular weight is 272 g/mol. The van der Waals surface area contributed by atoms with Crippen molar-refractivity contribution in [3.63, 3.8) is 0 Å². The van der Waals surface area contributed by atoms with E-state index in [0.717, 1.165) is 0 Å². The number of carbonyl (C=O) groups excluding carboxylic acids is 2. The number of primary amides is 1. The van der Waals surface area contributed by atoms with Crippen LogP contribution in [-0.4, -0.2) is 24.4 Å². The van der Waals surface area contributed by atoms with Crippen LogP contribution < -0.4 is 16.4 Å².